The van der Waals surface area contributed by atoms with Gasteiger partial charge in [-0.15, -0.1) is 37.1 Å². The predicted molar refractivity (Wildman–Crippen MR) is 109 cm³/mol. The first kappa shape index (κ1) is 25.3. The molecular weight excluding hydrogens is 476 g/mol. The monoisotopic (exact) mass is 502 g/mol. The summed E-state index contributed by atoms with van der Waals surface area (Å²) in [5.41, 5.74) is 0.286. The van der Waals surface area contributed by atoms with E-state index in [0.717, 1.165) is 6.42 Å². The molecular formula is C17H26F3IN4O2. The van der Waals surface area contributed by atoms with E-state index in [-0.39, 0.29) is 60.3 Å². The highest BCUT2D eigenvalue weighted by Crippen LogP contribution is 2.26. The number of hydrogen-bond acceptors (Lipinski definition) is 3. The van der Waals surface area contributed by atoms with Crippen LogP contribution in [-0.4, -0.2) is 49.8 Å². The van der Waals surface area contributed by atoms with Gasteiger partial charge in [0.05, 0.1) is 13.1 Å². The zero-order chi connectivity index (χ0) is 19.7. The molecule has 27 heavy (non-hydrogen) atoms. The maximum atomic E-state index is 12.5. The number of likely N-dealkylation sites (N-methyl/N-ethyl adjacent to an activating group) is 1. The van der Waals surface area contributed by atoms with Crippen molar-refractivity contribution in [2.75, 3.05) is 20.6 Å². The van der Waals surface area contributed by atoms with Crippen LogP contribution in [0.4, 0.5) is 13.2 Å². The molecule has 1 unspecified atom stereocenters. The first-order valence-corrected chi connectivity index (χ1v) is 8.21. The maximum Gasteiger partial charge on any atom is 0.573 e. The highest BCUT2D eigenvalue weighted by Gasteiger charge is 2.31. The van der Waals surface area contributed by atoms with E-state index in [0.29, 0.717) is 5.96 Å². The van der Waals surface area contributed by atoms with Crippen molar-refractivity contribution in [3.8, 4) is 5.75 Å². The molecule has 1 aromatic carbocycles. The summed E-state index contributed by atoms with van der Waals surface area (Å²) < 4.78 is 41.5. The summed E-state index contributed by atoms with van der Waals surface area (Å²) in [5.74, 6) is -0.100. The molecule has 0 aliphatic rings. The predicted octanol–water partition coefficient (Wildman–Crippen LogP) is 3.13. The fraction of sp³-hybridized carbons (Fsp3) is 0.529. The number of alkyl halides is 3. The third-order valence-corrected chi connectivity index (χ3v) is 3.51. The third-order valence-electron chi connectivity index (χ3n) is 3.51. The zero-order valence-electron chi connectivity index (χ0n) is 15.8. The highest BCUT2D eigenvalue weighted by molar-refractivity contribution is 14.0. The summed E-state index contributed by atoms with van der Waals surface area (Å²) in [6.45, 7) is 3.91. The van der Waals surface area contributed by atoms with Gasteiger partial charge in [0.25, 0.3) is 0 Å². The lowest BCUT2D eigenvalue weighted by atomic mass is 10.2. The molecule has 1 amide bonds. The van der Waals surface area contributed by atoms with Gasteiger partial charge in [0, 0.05) is 25.7 Å². The van der Waals surface area contributed by atoms with E-state index < -0.39 is 6.36 Å². The van der Waals surface area contributed by atoms with Crippen LogP contribution >= 0.6 is 24.0 Å². The second kappa shape index (κ2) is 11.9. The third kappa shape index (κ3) is 10.3. The van der Waals surface area contributed by atoms with Crippen molar-refractivity contribution in [3.05, 3.63) is 29.8 Å². The minimum absolute atomic E-state index is 0. The molecule has 1 rings (SSSR count). The van der Waals surface area contributed by atoms with E-state index in [1.54, 1.807) is 20.2 Å². The molecule has 0 aliphatic carbocycles. The average molecular weight is 502 g/mol. The van der Waals surface area contributed by atoms with Gasteiger partial charge in [-0.2, -0.15) is 0 Å². The summed E-state index contributed by atoms with van der Waals surface area (Å²) in [6, 6.07) is 5.90. The van der Waals surface area contributed by atoms with Crippen molar-refractivity contribution in [1.82, 2.24) is 15.5 Å². The minimum Gasteiger partial charge on any atom is -0.405 e. The summed E-state index contributed by atoms with van der Waals surface area (Å²) in [5, 5.41) is 5.99. The number of amides is 1. The Morgan fingerprint density at radius 1 is 1.30 bits per heavy atom. The fourth-order valence-electron chi connectivity index (χ4n) is 1.83. The molecule has 2 N–H and O–H groups in total. The van der Waals surface area contributed by atoms with Crippen LogP contribution in [0.3, 0.4) is 0 Å². The van der Waals surface area contributed by atoms with Crippen LogP contribution in [-0.2, 0) is 11.3 Å². The average Bonchev–Trinajstić information content (AvgIpc) is 2.56. The van der Waals surface area contributed by atoms with Crippen LogP contribution in [0, 0.1) is 0 Å². The van der Waals surface area contributed by atoms with E-state index >= 15 is 0 Å². The van der Waals surface area contributed by atoms with Gasteiger partial charge < -0.3 is 20.3 Å². The number of ether oxygens (including phenoxy) is 1. The minimum atomic E-state index is -4.77. The van der Waals surface area contributed by atoms with Crippen molar-refractivity contribution >= 4 is 35.8 Å². The van der Waals surface area contributed by atoms with Gasteiger partial charge in [0.1, 0.15) is 5.75 Å². The Labute approximate surface area is 174 Å². The van der Waals surface area contributed by atoms with Gasteiger partial charge in [-0.1, -0.05) is 25.1 Å². The molecule has 0 spiro atoms. The van der Waals surface area contributed by atoms with Crippen LogP contribution in [0.5, 0.6) is 5.75 Å². The lowest BCUT2D eigenvalue weighted by Gasteiger charge is -2.18. The zero-order valence-corrected chi connectivity index (χ0v) is 18.1. The number of rotatable bonds is 7. The highest BCUT2D eigenvalue weighted by atomic mass is 127. The number of halogens is 4. The number of nitrogens with zero attached hydrogens (tertiary/aromatic N) is 2. The Balaban J connectivity index is 0.00000676. The van der Waals surface area contributed by atoms with Crippen LogP contribution in [0.15, 0.2) is 29.3 Å². The number of carbonyl (C=O) groups excluding carboxylic acids is 1. The Hall–Kier alpha value is -1.72. The first-order chi connectivity index (χ1) is 12.1. The lowest BCUT2D eigenvalue weighted by molar-refractivity contribution is -0.274. The summed E-state index contributed by atoms with van der Waals surface area (Å²) in [4.78, 5) is 17.4. The van der Waals surface area contributed by atoms with E-state index in [1.165, 1.54) is 23.1 Å². The molecule has 0 saturated heterocycles. The molecule has 0 aromatic heterocycles. The van der Waals surface area contributed by atoms with Gasteiger partial charge in [0.2, 0.25) is 5.91 Å². The number of hydrogen-bond donors (Lipinski definition) is 2. The van der Waals surface area contributed by atoms with Crippen molar-refractivity contribution in [2.45, 2.75) is 39.2 Å². The van der Waals surface area contributed by atoms with Gasteiger partial charge in [-0.05, 0) is 19.4 Å². The smallest absolute Gasteiger partial charge is 0.405 e. The molecule has 0 aliphatic heterocycles. The van der Waals surface area contributed by atoms with E-state index in [1.807, 2.05) is 13.8 Å². The molecule has 1 atom stereocenters. The van der Waals surface area contributed by atoms with Gasteiger partial charge >= 0.3 is 6.36 Å². The number of guanidine groups is 1. The SMILES string of the molecule is CCC(C)NC(=NCc1ccccc1OC(F)(F)F)NCC(=O)N(C)C.I. The van der Waals surface area contributed by atoms with Crippen molar-refractivity contribution in [1.29, 1.82) is 0 Å². The summed E-state index contributed by atoms with van der Waals surface area (Å²) in [6.07, 6.45) is -3.95. The van der Waals surface area contributed by atoms with E-state index in [2.05, 4.69) is 20.4 Å². The van der Waals surface area contributed by atoms with Gasteiger partial charge in [0.15, 0.2) is 5.96 Å². The van der Waals surface area contributed by atoms with Crippen molar-refractivity contribution in [3.63, 3.8) is 0 Å². The van der Waals surface area contributed by atoms with Crippen LogP contribution in [0.1, 0.15) is 25.8 Å². The van der Waals surface area contributed by atoms with Crippen LogP contribution in [0.25, 0.3) is 0 Å². The summed E-state index contributed by atoms with van der Waals surface area (Å²) >= 11 is 0. The first-order valence-electron chi connectivity index (χ1n) is 8.21. The Kier molecular flexibility index (Phi) is 11.1. The number of para-hydroxylation sites is 1. The number of nitrogens with one attached hydrogen (secondary N) is 2. The molecule has 10 heteroatoms. The Bertz CT molecular complexity index is 624. The molecule has 0 heterocycles. The number of carbonyl (C=O) groups is 1. The second-order valence-electron chi connectivity index (χ2n) is 5.92. The molecule has 154 valence electrons. The molecule has 0 saturated carbocycles. The van der Waals surface area contributed by atoms with Gasteiger partial charge in [-0.25, -0.2) is 4.99 Å². The topological polar surface area (TPSA) is 66.0 Å². The van der Waals surface area contributed by atoms with E-state index in [4.69, 9.17) is 0 Å². The van der Waals surface area contributed by atoms with Gasteiger partial charge in [-0.3, -0.25) is 4.79 Å². The largest absolute Gasteiger partial charge is 0.573 e. The normalized spacial score (nSPS) is 12.6. The second-order valence-corrected chi connectivity index (χ2v) is 5.92. The molecule has 0 radical (unpaired) electrons. The fourth-order valence-corrected chi connectivity index (χ4v) is 1.83. The molecule has 0 bridgehead atoms. The van der Waals surface area contributed by atoms with Crippen LogP contribution < -0.4 is 15.4 Å². The number of aliphatic imine (C=N–C) groups is 1. The maximum absolute atomic E-state index is 12.5. The quantitative estimate of drug-likeness (QED) is 0.342. The van der Waals surface area contributed by atoms with Crippen molar-refractivity contribution < 1.29 is 22.7 Å². The van der Waals surface area contributed by atoms with E-state index in [9.17, 15) is 18.0 Å². The molecule has 6 nitrogen and oxygen atoms in total. The molecule has 1 aromatic rings. The van der Waals surface area contributed by atoms with Crippen LogP contribution in [0.2, 0.25) is 0 Å². The lowest BCUT2D eigenvalue weighted by Crippen LogP contribution is -2.45. The Morgan fingerprint density at radius 3 is 2.48 bits per heavy atom. The Morgan fingerprint density at radius 2 is 1.93 bits per heavy atom. The molecule has 0 fully saturated rings. The summed E-state index contributed by atoms with van der Waals surface area (Å²) in [7, 11) is 3.27. The number of benzene rings is 1. The standard InChI is InChI=1S/C17H25F3N4O2.HI/c1-5-12(2)23-16(22-11-15(25)24(3)4)21-10-13-8-6-7-9-14(13)26-17(18,19)20;/h6-9,12H,5,10-11H2,1-4H3,(H2,21,22,23);1H. The van der Waals surface area contributed by atoms with Crippen molar-refractivity contribution in [2.24, 2.45) is 4.99 Å².